The highest BCUT2D eigenvalue weighted by molar-refractivity contribution is 9.10. The second-order valence-electron chi connectivity index (χ2n) is 11.5. The fourth-order valence-corrected chi connectivity index (χ4v) is 6.59. The van der Waals surface area contributed by atoms with Crippen LogP contribution in [0, 0.1) is 0 Å². The first kappa shape index (κ1) is 33.7. The van der Waals surface area contributed by atoms with E-state index in [0.717, 1.165) is 32.1 Å². The number of benzene rings is 4. The van der Waals surface area contributed by atoms with Gasteiger partial charge in [0.05, 0.1) is 60.3 Å². The summed E-state index contributed by atoms with van der Waals surface area (Å²) in [6.45, 7) is 1.54. The summed E-state index contributed by atoms with van der Waals surface area (Å²) < 4.78 is 34.5. The number of ether oxygens (including phenoxy) is 6. The van der Waals surface area contributed by atoms with Crippen molar-refractivity contribution in [3.63, 3.8) is 0 Å². The van der Waals surface area contributed by atoms with Crippen LogP contribution < -0.4 is 33.3 Å². The smallest absolute Gasteiger partial charge is 0.255 e. The van der Waals surface area contributed by atoms with Crippen LogP contribution in [0.2, 0.25) is 0 Å². The molecule has 0 N–H and O–H groups in total. The molecule has 5 aromatic rings. The van der Waals surface area contributed by atoms with Crippen molar-refractivity contribution >= 4 is 38.6 Å². The largest absolute Gasteiger partial charge is 0.497 e. The highest BCUT2D eigenvalue weighted by Crippen LogP contribution is 2.40. The highest BCUT2D eigenvalue weighted by Gasteiger charge is 2.35. The SMILES string of the molecule is COc1ccc(CN2Cc3c(N(Cc4ccc(OC)cc4OC)Cc4ccc(OC)cc4OC)nc4cc(Br)ccc4c3C2=O)c(OC)c1. The lowest BCUT2D eigenvalue weighted by molar-refractivity contribution is 0.0767. The van der Waals surface area contributed by atoms with Gasteiger partial charge in [-0.3, -0.25) is 4.79 Å². The summed E-state index contributed by atoms with van der Waals surface area (Å²) in [6.07, 6.45) is 0. The Morgan fingerprint density at radius 3 is 1.69 bits per heavy atom. The van der Waals surface area contributed by atoms with Gasteiger partial charge in [0.25, 0.3) is 5.91 Å². The molecule has 0 aliphatic carbocycles. The van der Waals surface area contributed by atoms with E-state index in [1.165, 1.54) is 0 Å². The van der Waals surface area contributed by atoms with Gasteiger partial charge in [-0.05, 0) is 48.5 Å². The third-order valence-corrected chi connectivity index (χ3v) is 9.24. The molecule has 0 bridgehead atoms. The maximum absolute atomic E-state index is 14.4. The van der Waals surface area contributed by atoms with Crippen molar-refractivity contribution in [1.29, 1.82) is 0 Å². The van der Waals surface area contributed by atoms with Crippen molar-refractivity contribution in [2.45, 2.75) is 26.2 Å². The molecule has 10 nitrogen and oxygen atoms in total. The van der Waals surface area contributed by atoms with Crippen LogP contribution in [-0.4, -0.2) is 58.4 Å². The Bertz CT molecular complexity index is 1960. The minimum atomic E-state index is -0.0761. The van der Waals surface area contributed by atoms with E-state index in [0.29, 0.717) is 77.6 Å². The first-order chi connectivity index (χ1) is 23.8. The van der Waals surface area contributed by atoms with Gasteiger partial charge in [-0.15, -0.1) is 0 Å². The van der Waals surface area contributed by atoms with Crippen LogP contribution in [0.25, 0.3) is 10.9 Å². The second kappa shape index (κ2) is 14.5. The van der Waals surface area contributed by atoms with Gasteiger partial charge in [-0.1, -0.05) is 22.0 Å². The monoisotopic (exact) mass is 727 g/mol. The van der Waals surface area contributed by atoms with Crippen LogP contribution in [0.3, 0.4) is 0 Å². The predicted octanol–water partition coefficient (Wildman–Crippen LogP) is 7.41. The van der Waals surface area contributed by atoms with Gasteiger partial charge in [-0.2, -0.15) is 0 Å². The third kappa shape index (κ3) is 6.76. The van der Waals surface area contributed by atoms with Crippen molar-refractivity contribution in [2.75, 3.05) is 47.6 Å². The maximum Gasteiger partial charge on any atom is 0.255 e. The Morgan fingerprint density at radius 2 is 1.18 bits per heavy atom. The number of aromatic nitrogens is 1. The molecule has 1 aromatic heterocycles. The number of carbonyl (C=O) groups is 1. The highest BCUT2D eigenvalue weighted by atomic mass is 79.9. The summed E-state index contributed by atoms with van der Waals surface area (Å²) >= 11 is 3.62. The molecule has 11 heteroatoms. The molecule has 4 aromatic carbocycles. The van der Waals surface area contributed by atoms with E-state index in [9.17, 15) is 4.79 Å². The lowest BCUT2D eigenvalue weighted by atomic mass is 10.0. The summed E-state index contributed by atoms with van der Waals surface area (Å²) in [5.41, 5.74) is 4.89. The molecule has 0 spiro atoms. The van der Waals surface area contributed by atoms with Crippen molar-refractivity contribution in [2.24, 2.45) is 0 Å². The molecule has 49 heavy (non-hydrogen) atoms. The summed E-state index contributed by atoms with van der Waals surface area (Å²) in [5.74, 6) is 4.67. The zero-order valence-electron chi connectivity index (χ0n) is 28.3. The lowest BCUT2D eigenvalue weighted by Crippen LogP contribution is -2.26. The Labute approximate surface area is 294 Å². The molecule has 0 atom stereocenters. The number of nitrogens with zero attached hydrogens (tertiary/aromatic N) is 3. The second-order valence-corrected chi connectivity index (χ2v) is 12.4. The molecular formula is C38H38BrN3O7. The molecular weight excluding hydrogens is 690 g/mol. The van der Waals surface area contributed by atoms with Crippen molar-refractivity contribution in [1.82, 2.24) is 9.88 Å². The summed E-state index contributed by atoms with van der Waals surface area (Å²) in [4.78, 5) is 23.6. The van der Waals surface area contributed by atoms with Gasteiger partial charge in [0.2, 0.25) is 0 Å². The summed E-state index contributed by atoms with van der Waals surface area (Å²) in [6, 6.07) is 23.0. The number of fused-ring (bicyclic) bond motifs is 3. The molecule has 0 saturated heterocycles. The van der Waals surface area contributed by atoms with Crippen LogP contribution in [0.4, 0.5) is 5.82 Å². The van der Waals surface area contributed by atoms with Crippen molar-refractivity contribution < 1.29 is 33.2 Å². The van der Waals surface area contributed by atoms with Gasteiger partial charge in [0, 0.05) is 69.9 Å². The number of rotatable bonds is 13. The zero-order chi connectivity index (χ0) is 34.7. The summed E-state index contributed by atoms with van der Waals surface area (Å²) in [7, 11) is 9.76. The number of hydrogen-bond donors (Lipinski definition) is 0. The van der Waals surface area contributed by atoms with Crippen molar-refractivity contribution in [3.8, 4) is 34.5 Å². The first-order valence-corrected chi connectivity index (χ1v) is 16.4. The number of pyridine rings is 1. The van der Waals surface area contributed by atoms with E-state index in [2.05, 4.69) is 20.8 Å². The average molecular weight is 729 g/mol. The molecule has 0 fully saturated rings. The zero-order valence-corrected chi connectivity index (χ0v) is 29.9. The average Bonchev–Trinajstić information content (AvgIpc) is 3.46. The number of amides is 1. The Balaban J connectivity index is 1.50. The van der Waals surface area contributed by atoms with E-state index in [1.54, 1.807) is 42.7 Å². The van der Waals surface area contributed by atoms with E-state index in [1.807, 2.05) is 77.7 Å². The first-order valence-electron chi connectivity index (χ1n) is 15.6. The van der Waals surface area contributed by atoms with Crippen LogP contribution in [-0.2, 0) is 26.2 Å². The van der Waals surface area contributed by atoms with Crippen LogP contribution in [0.15, 0.2) is 77.3 Å². The summed E-state index contributed by atoms with van der Waals surface area (Å²) in [5, 5.41) is 0.792. The number of anilines is 1. The van der Waals surface area contributed by atoms with E-state index >= 15 is 0 Å². The molecule has 1 aliphatic heterocycles. The Hall–Kier alpha value is -5.16. The van der Waals surface area contributed by atoms with Crippen LogP contribution in [0.1, 0.15) is 32.6 Å². The number of halogens is 1. The maximum atomic E-state index is 14.4. The van der Waals surface area contributed by atoms with Gasteiger partial charge in [0.15, 0.2) is 0 Å². The fraction of sp³-hybridized carbons (Fsp3) is 0.263. The van der Waals surface area contributed by atoms with Gasteiger partial charge in [0.1, 0.15) is 40.3 Å². The minimum absolute atomic E-state index is 0.0761. The van der Waals surface area contributed by atoms with Crippen molar-refractivity contribution in [3.05, 3.63) is 105 Å². The number of carbonyl (C=O) groups excluding carboxylic acids is 1. The predicted molar refractivity (Wildman–Crippen MR) is 192 cm³/mol. The van der Waals surface area contributed by atoms with E-state index in [4.69, 9.17) is 33.4 Å². The van der Waals surface area contributed by atoms with Gasteiger partial charge >= 0.3 is 0 Å². The molecule has 1 amide bonds. The topological polar surface area (TPSA) is 91.8 Å². The van der Waals surface area contributed by atoms with Crippen LogP contribution >= 0.6 is 15.9 Å². The standard InChI is InChI=1S/C38H38BrN3O7/c1-44-27-11-7-23(33(16-27)47-4)19-41(20-24-8-12-28(45-2)17-34(24)48-5)37-31-22-42(21-25-9-13-29(46-3)18-35(25)49-6)38(43)36(31)30-14-10-26(39)15-32(30)40-37/h7-18H,19-22H2,1-6H3. The molecule has 0 unspecified atom stereocenters. The fourth-order valence-electron chi connectivity index (χ4n) is 6.24. The number of methoxy groups -OCH3 is 6. The Morgan fingerprint density at radius 1 is 0.673 bits per heavy atom. The Kier molecular flexibility index (Phi) is 10.0. The van der Waals surface area contributed by atoms with Crippen LogP contribution in [0.5, 0.6) is 34.5 Å². The van der Waals surface area contributed by atoms with Gasteiger partial charge < -0.3 is 38.2 Å². The number of hydrogen-bond acceptors (Lipinski definition) is 9. The molecule has 2 heterocycles. The minimum Gasteiger partial charge on any atom is -0.497 e. The normalized spacial score (nSPS) is 12.1. The third-order valence-electron chi connectivity index (χ3n) is 8.74. The lowest BCUT2D eigenvalue weighted by Gasteiger charge is -2.28. The quantitative estimate of drug-likeness (QED) is 0.123. The molecule has 0 radical (unpaired) electrons. The van der Waals surface area contributed by atoms with E-state index < -0.39 is 0 Å². The molecule has 0 saturated carbocycles. The van der Waals surface area contributed by atoms with Gasteiger partial charge in [-0.25, -0.2) is 4.98 Å². The molecule has 6 rings (SSSR count). The molecule has 254 valence electrons. The molecule has 1 aliphatic rings. The van der Waals surface area contributed by atoms with E-state index in [-0.39, 0.29) is 5.91 Å².